The van der Waals surface area contributed by atoms with Gasteiger partial charge in [0.15, 0.2) is 6.33 Å². The summed E-state index contributed by atoms with van der Waals surface area (Å²) in [4.78, 5) is 12.3. The molecule has 0 bridgehead atoms. The Bertz CT molecular complexity index is 455. The first-order valence-corrected chi connectivity index (χ1v) is 5.57. The van der Waals surface area contributed by atoms with Gasteiger partial charge in [-0.05, 0) is 5.92 Å². The van der Waals surface area contributed by atoms with Crippen LogP contribution in [-0.2, 0) is 6.42 Å². The van der Waals surface area contributed by atoms with Crippen molar-refractivity contribution in [3.63, 3.8) is 0 Å². The van der Waals surface area contributed by atoms with Gasteiger partial charge in [0.05, 0.1) is 0 Å². The first-order valence-electron chi connectivity index (χ1n) is 5.57. The molecule has 0 aliphatic rings. The average Bonchev–Trinajstić information content (AvgIpc) is 2.82. The van der Waals surface area contributed by atoms with Crippen molar-refractivity contribution in [1.29, 1.82) is 0 Å². The van der Waals surface area contributed by atoms with Crippen LogP contribution in [0.4, 0.5) is 5.82 Å². The molecule has 17 heavy (non-hydrogen) atoms. The normalized spacial score (nSPS) is 10.8. The highest BCUT2D eigenvalue weighted by molar-refractivity contribution is 5.35. The van der Waals surface area contributed by atoms with Crippen molar-refractivity contribution >= 4 is 5.82 Å². The van der Waals surface area contributed by atoms with E-state index in [1.54, 1.807) is 6.33 Å². The van der Waals surface area contributed by atoms with Gasteiger partial charge in [0.2, 0.25) is 5.89 Å². The van der Waals surface area contributed by atoms with Gasteiger partial charge in [-0.25, -0.2) is 9.97 Å². The van der Waals surface area contributed by atoms with Crippen LogP contribution in [0.5, 0.6) is 0 Å². The zero-order valence-electron chi connectivity index (χ0n) is 9.92. The summed E-state index contributed by atoms with van der Waals surface area (Å²) in [6, 6.07) is 1.96. The molecule has 6 nitrogen and oxygen atoms in total. The minimum Gasteiger partial charge on any atom is -0.369 e. The number of aromatic nitrogens is 4. The zero-order valence-corrected chi connectivity index (χ0v) is 9.92. The van der Waals surface area contributed by atoms with Crippen LogP contribution in [0, 0.1) is 0 Å². The van der Waals surface area contributed by atoms with Crippen molar-refractivity contribution < 1.29 is 4.52 Å². The van der Waals surface area contributed by atoms with Crippen LogP contribution in [0.15, 0.2) is 23.2 Å². The molecule has 0 saturated carbocycles. The van der Waals surface area contributed by atoms with Crippen LogP contribution < -0.4 is 5.32 Å². The van der Waals surface area contributed by atoms with Gasteiger partial charge >= 0.3 is 0 Å². The number of nitrogens with zero attached hydrogens (tertiary/aromatic N) is 4. The third-order valence-electron chi connectivity index (χ3n) is 2.33. The molecule has 0 unspecified atom stereocenters. The Kier molecular flexibility index (Phi) is 3.64. The maximum absolute atomic E-state index is 4.90. The van der Waals surface area contributed by atoms with Crippen molar-refractivity contribution in [3.05, 3.63) is 30.3 Å². The summed E-state index contributed by atoms with van der Waals surface area (Å²) < 4.78 is 4.90. The van der Waals surface area contributed by atoms with E-state index < -0.39 is 0 Å². The van der Waals surface area contributed by atoms with Crippen LogP contribution in [-0.4, -0.2) is 26.7 Å². The summed E-state index contributed by atoms with van der Waals surface area (Å²) >= 11 is 0. The molecule has 0 atom stereocenters. The molecule has 0 amide bonds. The Morgan fingerprint density at radius 3 is 2.82 bits per heavy atom. The SMILES string of the molecule is CC(C)c1cc(NCCc2ncno2)ncn1. The first-order chi connectivity index (χ1) is 8.25. The van der Waals surface area contributed by atoms with Crippen molar-refractivity contribution in [3.8, 4) is 0 Å². The van der Waals surface area contributed by atoms with E-state index in [9.17, 15) is 0 Å². The molecule has 1 N–H and O–H groups in total. The highest BCUT2D eigenvalue weighted by Crippen LogP contribution is 2.13. The molecule has 2 heterocycles. The molecule has 0 saturated heterocycles. The van der Waals surface area contributed by atoms with E-state index in [1.165, 1.54) is 6.33 Å². The van der Waals surface area contributed by atoms with E-state index in [2.05, 4.69) is 39.3 Å². The van der Waals surface area contributed by atoms with Gasteiger partial charge < -0.3 is 9.84 Å². The second-order valence-electron chi connectivity index (χ2n) is 3.99. The first kappa shape index (κ1) is 11.5. The van der Waals surface area contributed by atoms with Gasteiger partial charge in [0.25, 0.3) is 0 Å². The predicted octanol–water partition coefficient (Wildman–Crippen LogP) is 1.64. The van der Waals surface area contributed by atoms with Crippen LogP contribution in [0.3, 0.4) is 0 Å². The average molecular weight is 233 g/mol. The quantitative estimate of drug-likeness (QED) is 0.845. The maximum atomic E-state index is 4.90. The second-order valence-corrected chi connectivity index (χ2v) is 3.99. The van der Waals surface area contributed by atoms with Crippen LogP contribution >= 0.6 is 0 Å². The summed E-state index contributed by atoms with van der Waals surface area (Å²) in [5.74, 6) is 1.84. The molecule has 0 aromatic carbocycles. The lowest BCUT2D eigenvalue weighted by atomic mass is 10.1. The summed E-state index contributed by atoms with van der Waals surface area (Å²) in [6.07, 6.45) is 3.66. The molecule has 0 radical (unpaired) electrons. The van der Waals surface area contributed by atoms with Crippen LogP contribution in [0.2, 0.25) is 0 Å². The number of hydrogen-bond donors (Lipinski definition) is 1. The van der Waals surface area contributed by atoms with Crippen molar-refractivity contribution in [2.45, 2.75) is 26.2 Å². The lowest BCUT2D eigenvalue weighted by Crippen LogP contribution is -2.07. The van der Waals surface area contributed by atoms with Crippen LogP contribution in [0.1, 0.15) is 31.4 Å². The molecule has 6 heteroatoms. The Balaban J connectivity index is 1.88. The van der Waals surface area contributed by atoms with E-state index in [4.69, 9.17) is 4.52 Å². The fraction of sp³-hybridized carbons (Fsp3) is 0.455. The Morgan fingerprint density at radius 1 is 1.24 bits per heavy atom. The molecule has 90 valence electrons. The van der Waals surface area contributed by atoms with Gasteiger partial charge in [0, 0.05) is 24.7 Å². The molecule has 2 aromatic rings. The standard InChI is InChI=1S/C11H15N5O/c1-8(2)9-5-10(14-6-13-9)12-4-3-11-15-7-16-17-11/h5-8H,3-4H2,1-2H3,(H,12,13,14). The van der Waals surface area contributed by atoms with Crippen molar-refractivity contribution in [1.82, 2.24) is 20.1 Å². The topological polar surface area (TPSA) is 76.7 Å². The number of nitrogens with one attached hydrogen (secondary N) is 1. The van der Waals surface area contributed by atoms with Gasteiger partial charge in [-0.1, -0.05) is 19.0 Å². The number of anilines is 1. The smallest absolute Gasteiger partial charge is 0.228 e. The molecule has 0 aliphatic carbocycles. The lowest BCUT2D eigenvalue weighted by molar-refractivity contribution is 0.379. The molecule has 0 aliphatic heterocycles. The van der Waals surface area contributed by atoms with Gasteiger partial charge in [0.1, 0.15) is 12.1 Å². The minimum atomic E-state index is 0.398. The highest BCUT2D eigenvalue weighted by Gasteiger charge is 2.03. The third kappa shape index (κ3) is 3.24. The fourth-order valence-electron chi connectivity index (χ4n) is 1.39. The Morgan fingerprint density at radius 2 is 2.12 bits per heavy atom. The molecular formula is C11H15N5O. The van der Waals surface area contributed by atoms with E-state index in [1.807, 2.05) is 6.07 Å². The van der Waals surface area contributed by atoms with E-state index >= 15 is 0 Å². The summed E-state index contributed by atoms with van der Waals surface area (Å²) in [6.45, 7) is 4.91. The summed E-state index contributed by atoms with van der Waals surface area (Å²) in [5, 5.41) is 6.74. The highest BCUT2D eigenvalue weighted by atomic mass is 16.5. The summed E-state index contributed by atoms with van der Waals surface area (Å²) in [5.41, 5.74) is 1.03. The maximum Gasteiger partial charge on any atom is 0.228 e. The predicted molar refractivity (Wildman–Crippen MR) is 62.6 cm³/mol. The molecule has 0 fully saturated rings. The van der Waals surface area contributed by atoms with Gasteiger partial charge in [-0.3, -0.25) is 0 Å². The van der Waals surface area contributed by atoms with E-state index in [0.717, 1.165) is 11.5 Å². The van der Waals surface area contributed by atoms with Gasteiger partial charge in [-0.15, -0.1) is 0 Å². The van der Waals surface area contributed by atoms with E-state index in [-0.39, 0.29) is 0 Å². The Hall–Kier alpha value is -1.98. The molecular weight excluding hydrogens is 218 g/mol. The zero-order chi connectivity index (χ0) is 12.1. The molecule has 2 rings (SSSR count). The number of hydrogen-bond acceptors (Lipinski definition) is 6. The lowest BCUT2D eigenvalue weighted by Gasteiger charge is -2.07. The Labute approximate surface area is 99.5 Å². The van der Waals surface area contributed by atoms with Crippen LogP contribution in [0.25, 0.3) is 0 Å². The second kappa shape index (κ2) is 5.38. The molecule has 0 spiro atoms. The molecule has 2 aromatic heterocycles. The van der Waals surface area contributed by atoms with Crippen molar-refractivity contribution in [2.75, 3.05) is 11.9 Å². The summed E-state index contributed by atoms with van der Waals surface area (Å²) in [7, 11) is 0. The fourth-order valence-corrected chi connectivity index (χ4v) is 1.39. The third-order valence-corrected chi connectivity index (χ3v) is 2.33. The van der Waals surface area contributed by atoms with Crippen molar-refractivity contribution in [2.24, 2.45) is 0 Å². The van der Waals surface area contributed by atoms with E-state index in [0.29, 0.717) is 24.8 Å². The largest absolute Gasteiger partial charge is 0.369 e. The monoisotopic (exact) mass is 233 g/mol. The van der Waals surface area contributed by atoms with Gasteiger partial charge in [-0.2, -0.15) is 4.98 Å². The number of rotatable bonds is 5. The minimum absolute atomic E-state index is 0.398.